The molecular weight excluding hydrogens is 334 g/mol. The molecule has 0 aromatic heterocycles. The highest BCUT2D eigenvalue weighted by Crippen LogP contribution is 2.21. The molecule has 0 spiro atoms. The fourth-order valence-electron chi connectivity index (χ4n) is 2.23. The van der Waals surface area contributed by atoms with Crippen LogP contribution in [-0.2, 0) is 12.8 Å². The lowest BCUT2D eigenvalue weighted by atomic mass is 9.97. The van der Waals surface area contributed by atoms with Crippen molar-refractivity contribution >= 4 is 46.4 Å². The smallest absolute Gasteiger partial charge is 0.0376 e. The molecule has 0 heterocycles. The zero-order valence-corrected chi connectivity index (χ0v) is 14.7. The van der Waals surface area contributed by atoms with Gasteiger partial charge < -0.3 is 0 Å². The molecule has 0 aliphatic rings. The SMILES string of the molecule is ClCCCC(Cl)Cc1ccccc1CC(Cl)CCCCl. The summed E-state index contributed by atoms with van der Waals surface area (Å²) in [6, 6.07) is 8.42. The summed E-state index contributed by atoms with van der Waals surface area (Å²) >= 11 is 24.2. The quantitative estimate of drug-likeness (QED) is 0.450. The minimum atomic E-state index is 0.145. The number of halogens is 4. The minimum Gasteiger partial charge on any atom is -0.127 e. The lowest BCUT2D eigenvalue weighted by Crippen LogP contribution is -2.10. The van der Waals surface area contributed by atoms with Gasteiger partial charge in [-0.25, -0.2) is 0 Å². The molecule has 0 saturated carbocycles. The van der Waals surface area contributed by atoms with Crippen LogP contribution in [0.4, 0.5) is 0 Å². The van der Waals surface area contributed by atoms with Gasteiger partial charge in [-0.3, -0.25) is 0 Å². The van der Waals surface area contributed by atoms with Crippen LogP contribution in [0.3, 0.4) is 0 Å². The monoisotopic (exact) mass is 354 g/mol. The predicted octanol–water partition coefficient (Wildman–Crippen LogP) is 6.02. The first-order valence-corrected chi connectivity index (χ1v) is 9.08. The second-order valence-corrected chi connectivity index (χ2v) is 7.02. The van der Waals surface area contributed by atoms with E-state index in [0.29, 0.717) is 11.8 Å². The van der Waals surface area contributed by atoms with Crippen LogP contribution in [-0.4, -0.2) is 22.5 Å². The molecule has 0 nitrogen and oxygen atoms in total. The zero-order chi connectivity index (χ0) is 14.8. The van der Waals surface area contributed by atoms with Gasteiger partial charge in [0.1, 0.15) is 0 Å². The molecule has 0 fully saturated rings. The van der Waals surface area contributed by atoms with E-state index in [1.807, 2.05) is 0 Å². The van der Waals surface area contributed by atoms with Crippen molar-refractivity contribution in [3.05, 3.63) is 35.4 Å². The average Bonchev–Trinajstić information content (AvgIpc) is 2.45. The van der Waals surface area contributed by atoms with E-state index in [1.165, 1.54) is 11.1 Å². The Kier molecular flexibility index (Phi) is 10.1. The molecule has 0 aliphatic heterocycles. The van der Waals surface area contributed by atoms with Gasteiger partial charge in [-0.05, 0) is 49.7 Å². The first kappa shape index (κ1) is 18.4. The van der Waals surface area contributed by atoms with Crippen LogP contribution in [0.5, 0.6) is 0 Å². The molecule has 1 aromatic rings. The fraction of sp³-hybridized carbons (Fsp3) is 0.625. The van der Waals surface area contributed by atoms with E-state index in [2.05, 4.69) is 24.3 Å². The van der Waals surface area contributed by atoms with Crippen LogP contribution in [0.15, 0.2) is 24.3 Å². The van der Waals surface area contributed by atoms with E-state index in [4.69, 9.17) is 46.4 Å². The lowest BCUT2D eigenvalue weighted by molar-refractivity contribution is 0.705. The average molecular weight is 356 g/mol. The van der Waals surface area contributed by atoms with Crippen molar-refractivity contribution in [2.75, 3.05) is 11.8 Å². The van der Waals surface area contributed by atoms with Crippen molar-refractivity contribution in [2.45, 2.75) is 49.3 Å². The summed E-state index contributed by atoms with van der Waals surface area (Å²) in [7, 11) is 0. The van der Waals surface area contributed by atoms with Gasteiger partial charge in [0.25, 0.3) is 0 Å². The first-order valence-electron chi connectivity index (χ1n) is 7.14. The standard InChI is InChI=1S/C16H22Cl4/c17-9-3-7-15(19)11-13-5-1-2-6-14(13)12-16(20)8-4-10-18/h1-2,5-6,15-16H,3-4,7-12H2. The molecule has 1 rings (SSSR count). The highest BCUT2D eigenvalue weighted by atomic mass is 35.5. The van der Waals surface area contributed by atoms with E-state index < -0.39 is 0 Å². The van der Waals surface area contributed by atoms with Gasteiger partial charge in [0.2, 0.25) is 0 Å². The molecule has 20 heavy (non-hydrogen) atoms. The molecule has 2 unspecified atom stereocenters. The van der Waals surface area contributed by atoms with Crippen LogP contribution in [0.2, 0.25) is 0 Å². The fourth-order valence-corrected chi connectivity index (χ4v) is 3.18. The summed E-state index contributed by atoms with van der Waals surface area (Å²) in [5, 5.41) is 0.290. The Bertz CT molecular complexity index is 332. The molecule has 114 valence electrons. The van der Waals surface area contributed by atoms with E-state index in [1.54, 1.807) is 0 Å². The minimum absolute atomic E-state index is 0.145. The van der Waals surface area contributed by atoms with E-state index >= 15 is 0 Å². The highest BCUT2D eigenvalue weighted by molar-refractivity contribution is 6.21. The van der Waals surface area contributed by atoms with Crippen molar-refractivity contribution in [2.24, 2.45) is 0 Å². The molecular formula is C16H22Cl4. The summed E-state index contributed by atoms with van der Waals surface area (Å²) in [5.41, 5.74) is 2.61. The zero-order valence-electron chi connectivity index (χ0n) is 11.6. The third-order valence-electron chi connectivity index (χ3n) is 3.30. The van der Waals surface area contributed by atoms with Gasteiger partial charge in [-0.2, -0.15) is 0 Å². The topological polar surface area (TPSA) is 0 Å². The van der Waals surface area contributed by atoms with Gasteiger partial charge in [-0.15, -0.1) is 46.4 Å². The Hall–Kier alpha value is 0.380. The number of hydrogen-bond acceptors (Lipinski definition) is 0. The Morgan fingerprint density at radius 1 is 0.750 bits per heavy atom. The third kappa shape index (κ3) is 7.41. The maximum absolute atomic E-state index is 6.38. The highest BCUT2D eigenvalue weighted by Gasteiger charge is 2.12. The summed E-state index contributed by atoms with van der Waals surface area (Å²) in [6.45, 7) is 0. The molecule has 4 heteroatoms. The van der Waals surface area contributed by atoms with Crippen LogP contribution < -0.4 is 0 Å². The summed E-state index contributed by atoms with van der Waals surface area (Å²) < 4.78 is 0. The molecule has 2 atom stereocenters. The third-order valence-corrected chi connectivity index (χ3v) is 4.58. The molecule has 0 radical (unpaired) electrons. The van der Waals surface area contributed by atoms with Crippen LogP contribution in [0.25, 0.3) is 0 Å². The van der Waals surface area contributed by atoms with Crippen molar-refractivity contribution in [3.8, 4) is 0 Å². The summed E-state index contributed by atoms with van der Waals surface area (Å²) in [5.74, 6) is 1.35. The maximum Gasteiger partial charge on any atom is 0.0376 e. The van der Waals surface area contributed by atoms with Gasteiger partial charge >= 0.3 is 0 Å². The van der Waals surface area contributed by atoms with Gasteiger partial charge in [0, 0.05) is 22.5 Å². The van der Waals surface area contributed by atoms with E-state index in [0.717, 1.165) is 38.5 Å². The lowest BCUT2D eigenvalue weighted by Gasteiger charge is -2.15. The summed E-state index contributed by atoms with van der Waals surface area (Å²) in [4.78, 5) is 0. The Morgan fingerprint density at radius 3 is 1.50 bits per heavy atom. The van der Waals surface area contributed by atoms with Crippen molar-refractivity contribution < 1.29 is 0 Å². The normalized spacial score (nSPS) is 14.2. The van der Waals surface area contributed by atoms with Crippen molar-refractivity contribution in [1.29, 1.82) is 0 Å². The van der Waals surface area contributed by atoms with Gasteiger partial charge in [0.05, 0.1) is 0 Å². The molecule has 0 N–H and O–H groups in total. The molecule has 0 saturated heterocycles. The number of hydrogen-bond donors (Lipinski definition) is 0. The Labute approximate surface area is 142 Å². The van der Waals surface area contributed by atoms with Crippen LogP contribution >= 0.6 is 46.4 Å². The van der Waals surface area contributed by atoms with Crippen LogP contribution in [0.1, 0.15) is 36.8 Å². The number of rotatable bonds is 10. The van der Waals surface area contributed by atoms with Crippen LogP contribution in [0, 0.1) is 0 Å². The molecule has 1 aromatic carbocycles. The largest absolute Gasteiger partial charge is 0.127 e. The van der Waals surface area contributed by atoms with Crippen molar-refractivity contribution in [3.63, 3.8) is 0 Å². The Balaban J connectivity index is 2.58. The summed E-state index contributed by atoms with van der Waals surface area (Å²) in [6.07, 6.45) is 5.60. The Morgan fingerprint density at radius 2 is 1.15 bits per heavy atom. The van der Waals surface area contributed by atoms with Crippen molar-refractivity contribution in [1.82, 2.24) is 0 Å². The van der Waals surface area contributed by atoms with E-state index in [-0.39, 0.29) is 10.8 Å². The maximum atomic E-state index is 6.38. The van der Waals surface area contributed by atoms with E-state index in [9.17, 15) is 0 Å². The second-order valence-electron chi connectivity index (χ2n) is 5.03. The molecule has 0 amide bonds. The molecule has 0 bridgehead atoms. The second kappa shape index (κ2) is 11.0. The first-order chi connectivity index (χ1) is 9.67. The molecule has 0 aliphatic carbocycles. The van der Waals surface area contributed by atoms with Gasteiger partial charge in [-0.1, -0.05) is 24.3 Å². The van der Waals surface area contributed by atoms with Gasteiger partial charge in [0.15, 0.2) is 0 Å². The number of alkyl halides is 4. The predicted molar refractivity (Wildman–Crippen MR) is 93.0 cm³/mol. The number of benzene rings is 1.